The number of nitrogens with zero attached hydrogens (tertiary/aromatic N) is 4. The Morgan fingerprint density at radius 1 is 0.697 bits per heavy atom. The molecule has 6 unspecified atom stereocenters. The molecule has 6 aromatic rings. The Bertz CT molecular complexity index is 2730. The Labute approximate surface area is 382 Å². The van der Waals surface area contributed by atoms with Crippen LogP contribution in [-0.4, -0.2) is 99.8 Å². The number of H-pyrrole nitrogens is 2. The first-order valence-electron chi connectivity index (χ1n) is 23.0. The molecule has 5 heterocycles. The summed E-state index contributed by atoms with van der Waals surface area (Å²) < 4.78 is 15.4. The first kappa shape index (κ1) is 42.9. The summed E-state index contributed by atoms with van der Waals surface area (Å²) in [4.78, 5) is 73.6. The van der Waals surface area contributed by atoms with E-state index in [1.807, 2.05) is 47.6 Å². The maximum atomic E-state index is 14.4. The van der Waals surface area contributed by atoms with E-state index in [1.54, 1.807) is 4.90 Å². The predicted octanol–water partition coefficient (Wildman–Crippen LogP) is 8.25. The van der Waals surface area contributed by atoms with Crippen molar-refractivity contribution in [2.45, 2.75) is 75.2 Å². The molecule has 4 N–H and O–H groups in total. The zero-order valence-corrected chi connectivity index (χ0v) is 37.1. The van der Waals surface area contributed by atoms with E-state index in [9.17, 15) is 19.2 Å². The predicted molar refractivity (Wildman–Crippen MR) is 247 cm³/mol. The minimum atomic E-state index is -0.883. The normalized spacial score (nSPS) is 21.4. The molecule has 2 bridgehead atoms. The third kappa shape index (κ3) is 8.39. The van der Waals surface area contributed by atoms with Gasteiger partial charge in [0.05, 0.1) is 50.1 Å². The van der Waals surface area contributed by atoms with Crippen LogP contribution in [0.25, 0.3) is 44.4 Å². The van der Waals surface area contributed by atoms with Gasteiger partial charge in [-0.3, -0.25) is 9.59 Å². The van der Waals surface area contributed by atoms with Gasteiger partial charge >= 0.3 is 12.2 Å². The molecule has 4 aliphatic rings. The average molecular weight is 891 g/mol. The van der Waals surface area contributed by atoms with Crippen molar-refractivity contribution >= 4 is 34.8 Å². The molecule has 6 atom stereocenters. The summed E-state index contributed by atoms with van der Waals surface area (Å²) in [5, 5.41) is 7.78. The lowest BCUT2D eigenvalue weighted by Crippen LogP contribution is -2.55. The van der Waals surface area contributed by atoms with Crippen molar-refractivity contribution in [2.75, 3.05) is 34.0 Å². The van der Waals surface area contributed by atoms with Crippen LogP contribution in [0.5, 0.6) is 0 Å². The lowest BCUT2D eigenvalue weighted by atomic mass is 9.89. The number of alkyl carbamates (subject to hydrolysis) is 2. The van der Waals surface area contributed by atoms with Gasteiger partial charge in [0.15, 0.2) is 0 Å². The van der Waals surface area contributed by atoms with Gasteiger partial charge in [-0.2, -0.15) is 0 Å². The second kappa shape index (κ2) is 18.5. The number of hydrogen-bond acceptors (Lipinski definition) is 9. The Hall–Kier alpha value is -7.00. The average Bonchev–Trinajstić information content (AvgIpc) is 4.24. The van der Waals surface area contributed by atoms with E-state index in [1.165, 1.54) is 14.2 Å². The number of aromatic nitrogens is 4. The molecular weight excluding hydrogens is 837 g/mol. The third-order valence-electron chi connectivity index (χ3n) is 14.1. The highest BCUT2D eigenvalue weighted by molar-refractivity contribution is 5.91. The van der Waals surface area contributed by atoms with Crippen molar-refractivity contribution in [2.24, 2.45) is 11.8 Å². The zero-order chi connectivity index (χ0) is 45.3. The standard InChI is InChI=1S/C51H54N8O7/c1-64-50(62)56-43(32-7-4-3-5-8-32)48(60)58-22-6-9-42(58)46-52-29-41(54-46)37-17-16-35-25-34(14-15-36(35)26-37)30-10-12-31(13-11-30)40-28-53-47(55-40)45-38-18-19-39(27-38)59(45)49(61)44(57-51(63)65-2)33-20-23-66-24-21-33/h3-5,7-8,10-17,25-26,28-29,33,38-39,42-45H,6,9,18-24,27H2,1-2H3,(H,52,54)(H,53,55)(H,56,62)(H,57,63). The van der Waals surface area contributed by atoms with Crippen molar-refractivity contribution in [1.82, 2.24) is 40.4 Å². The largest absolute Gasteiger partial charge is 0.453 e. The second-order valence-corrected chi connectivity index (χ2v) is 17.9. The summed E-state index contributed by atoms with van der Waals surface area (Å²) in [5.74, 6) is 1.47. The number of methoxy groups -OCH3 is 2. The van der Waals surface area contributed by atoms with Crippen LogP contribution < -0.4 is 10.6 Å². The van der Waals surface area contributed by atoms with Crippen molar-refractivity contribution in [3.05, 3.63) is 121 Å². The molecule has 0 spiro atoms. The van der Waals surface area contributed by atoms with Crippen LogP contribution in [0.4, 0.5) is 9.59 Å². The molecule has 1 aliphatic carbocycles. The van der Waals surface area contributed by atoms with Crippen LogP contribution in [0.15, 0.2) is 103 Å². The summed E-state index contributed by atoms with van der Waals surface area (Å²) in [6.45, 7) is 1.68. The quantitative estimate of drug-likeness (QED) is 0.0995. The van der Waals surface area contributed by atoms with Gasteiger partial charge in [0.25, 0.3) is 5.91 Å². The number of fused-ring (bicyclic) bond motifs is 3. The van der Waals surface area contributed by atoms with Crippen molar-refractivity contribution in [1.29, 1.82) is 0 Å². The Morgan fingerprint density at radius 2 is 1.33 bits per heavy atom. The number of aromatic amines is 2. The number of ether oxygens (including phenoxy) is 3. The van der Waals surface area contributed by atoms with E-state index >= 15 is 0 Å². The number of amides is 4. The fourth-order valence-corrected chi connectivity index (χ4v) is 10.7. The summed E-state index contributed by atoms with van der Waals surface area (Å²) in [6.07, 6.45) is 8.28. The van der Waals surface area contributed by atoms with Crippen molar-refractivity contribution in [3.8, 4) is 33.6 Å². The Balaban J connectivity index is 0.824. The van der Waals surface area contributed by atoms with Gasteiger partial charge in [0, 0.05) is 31.4 Å². The van der Waals surface area contributed by atoms with Crippen LogP contribution in [0.2, 0.25) is 0 Å². The van der Waals surface area contributed by atoms with Crippen LogP contribution in [-0.2, 0) is 23.8 Å². The molecule has 15 heteroatoms. The van der Waals surface area contributed by atoms with Gasteiger partial charge in [-0.05, 0) is 102 Å². The van der Waals surface area contributed by atoms with Gasteiger partial charge in [0.1, 0.15) is 23.7 Å². The number of rotatable bonds is 11. The molecule has 10 rings (SSSR count). The highest BCUT2D eigenvalue weighted by atomic mass is 16.5. The first-order valence-corrected chi connectivity index (χ1v) is 23.0. The van der Waals surface area contributed by atoms with E-state index in [-0.39, 0.29) is 35.9 Å². The fraction of sp³-hybridized carbons (Fsp3) is 0.373. The summed E-state index contributed by atoms with van der Waals surface area (Å²) >= 11 is 0. The number of carbonyl (C=O) groups is 4. The Morgan fingerprint density at radius 3 is 2.08 bits per heavy atom. The summed E-state index contributed by atoms with van der Waals surface area (Å²) in [6, 6.07) is 28.5. The van der Waals surface area contributed by atoms with Gasteiger partial charge in [0.2, 0.25) is 5.91 Å². The molecule has 4 aromatic carbocycles. The number of nitrogens with one attached hydrogen (secondary N) is 4. The first-order chi connectivity index (χ1) is 32.3. The molecule has 4 fully saturated rings. The van der Waals surface area contributed by atoms with E-state index in [0.717, 1.165) is 82.3 Å². The lowest BCUT2D eigenvalue weighted by Gasteiger charge is -2.39. The molecule has 4 amide bonds. The van der Waals surface area contributed by atoms with Gasteiger partial charge in [-0.1, -0.05) is 78.9 Å². The van der Waals surface area contributed by atoms with Gasteiger partial charge in [-0.15, -0.1) is 0 Å². The molecule has 3 saturated heterocycles. The minimum absolute atomic E-state index is 0.0262. The van der Waals surface area contributed by atoms with E-state index < -0.39 is 24.3 Å². The van der Waals surface area contributed by atoms with Crippen molar-refractivity contribution < 1.29 is 33.4 Å². The fourth-order valence-electron chi connectivity index (χ4n) is 10.7. The highest BCUT2D eigenvalue weighted by Gasteiger charge is 2.52. The molecular formula is C51H54N8O7. The summed E-state index contributed by atoms with van der Waals surface area (Å²) in [5.41, 5.74) is 6.57. The van der Waals surface area contributed by atoms with E-state index in [4.69, 9.17) is 24.2 Å². The summed E-state index contributed by atoms with van der Waals surface area (Å²) in [7, 11) is 2.61. The number of piperidine rings is 1. The van der Waals surface area contributed by atoms with Crippen LogP contribution in [0.1, 0.15) is 80.3 Å². The molecule has 1 saturated carbocycles. The van der Waals surface area contributed by atoms with Gasteiger partial charge < -0.3 is 44.6 Å². The minimum Gasteiger partial charge on any atom is -0.453 e. The van der Waals surface area contributed by atoms with E-state index in [2.05, 4.69) is 81.3 Å². The molecule has 0 radical (unpaired) electrons. The van der Waals surface area contributed by atoms with Crippen molar-refractivity contribution in [3.63, 3.8) is 0 Å². The number of hydrogen-bond donors (Lipinski definition) is 4. The maximum absolute atomic E-state index is 14.4. The maximum Gasteiger partial charge on any atom is 0.407 e. The topological polar surface area (TPSA) is 184 Å². The second-order valence-electron chi connectivity index (χ2n) is 17.9. The number of imidazole rings is 2. The molecule has 15 nitrogen and oxygen atoms in total. The SMILES string of the molecule is COC(=O)NC(C(=O)N1CCCC1c1ncc(-c2ccc3cc(-c4ccc(-c5cnc(C6C7CCC(C7)N6C(=O)C(NC(=O)OC)C6CCOCC6)[nH]5)cc4)ccc3c2)[nH]1)c1ccccc1. The number of carbonyl (C=O) groups excluding carboxylic acids is 4. The Kier molecular flexibility index (Phi) is 12.0. The molecule has 3 aliphatic heterocycles. The number of benzene rings is 4. The smallest absolute Gasteiger partial charge is 0.407 e. The highest BCUT2D eigenvalue weighted by Crippen LogP contribution is 2.50. The monoisotopic (exact) mass is 890 g/mol. The van der Waals surface area contributed by atoms with Crippen LogP contribution in [0, 0.1) is 11.8 Å². The van der Waals surface area contributed by atoms with Crippen LogP contribution in [0.3, 0.4) is 0 Å². The lowest BCUT2D eigenvalue weighted by molar-refractivity contribution is -0.140. The molecule has 2 aromatic heterocycles. The zero-order valence-electron chi connectivity index (χ0n) is 37.1. The van der Waals surface area contributed by atoms with E-state index in [0.29, 0.717) is 49.9 Å². The number of likely N-dealkylation sites (tertiary alicyclic amines) is 2. The van der Waals surface area contributed by atoms with Gasteiger partial charge in [-0.25, -0.2) is 19.6 Å². The van der Waals surface area contributed by atoms with Crippen LogP contribution >= 0.6 is 0 Å². The molecule has 66 heavy (non-hydrogen) atoms. The third-order valence-corrected chi connectivity index (χ3v) is 14.1. The molecule has 340 valence electrons.